The summed E-state index contributed by atoms with van der Waals surface area (Å²) < 4.78 is 32.5. The predicted molar refractivity (Wildman–Crippen MR) is 106 cm³/mol. The van der Waals surface area contributed by atoms with Crippen LogP contribution in [-0.4, -0.2) is 64.6 Å². The predicted octanol–water partition coefficient (Wildman–Crippen LogP) is 1.09. The van der Waals surface area contributed by atoms with Crippen LogP contribution in [0.2, 0.25) is 0 Å². The van der Waals surface area contributed by atoms with Gasteiger partial charge in [0.1, 0.15) is 0 Å². The van der Waals surface area contributed by atoms with E-state index in [4.69, 9.17) is 4.74 Å². The molecule has 2 heterocycles. The number of morpholine rings is 1. The molecule has 0 radical (unpaired) electrons. The second kappa shape index (κ2) is 9.66. The summed E-state index contributed by atoms with van der Waals surface area (Å²) in [4.78, 5) is 12.7. The smallest absolute Gasteiger partial charge is 0.251 e. The van der Waals surface area contributed by atoms with E-state index >= 15 is 0 Å². The fraction of sp³-hybridized carbons (Fsp3) is 0.500. The molecule has 0 atom stereocenters. The summed E-state index contributed by atoms with van der Waals surface area (Å²) in [5, 5.41) is 6.11. The van der Waals surface area contributed by atoms with Crippen molar-refractivity contribution in [3.05, 3.63) is 41.0 Å². The quantitative estimate of drug-likeness (QED) is 0.703. The normalized spacial score (nSPS) is 18.3. The van der Waals surface area contributed by atoms with Crippen LogP contribution in [0.4, 0.5) is 0 Å². The molecule has 27 heavy (non-hydrogen) atoms. The number of amides is 1. The zero-order valence-electron chi connectivity index (χ0n) is 15.4. The number of hydrogen-bond acceptors (Lipinski definition) is 5. The Bertz CT molecular complexity index is 805. The first-order chi connectivity index (χ1) is 12.5. The third-order valence-electron chi connectivity index (χ3n) is 4.67. The van der Waals surface area contributed by atoms with Crippen LogP contribution in [0, 0.1) is 6.92 Å². The first-order valence-electron chi connectivity index (χ1n) is 8.84. The standard InChI is InChI=1S/C18H25N3O4S.ClH/c1-14-2-3-16(18(22)20-13-15-4-6-19-7-5-15)12-17(14)26(23,24)21-8-10-25-11-9-21;/h2-4,12,19H,5-11,13H2,1H3,(H,20,22);1H. The maximum atomic E-state index is 12.9. The highest BCUT2D eigenvalue weighted by Gasteiger charge is 2.28. The summed E-state index contributed by atoms with van der Waals surface area (Å²) in [6, 6.07) is 4.83. The van der Waals surface area contributed by atoms with Gasteiger partial charge >= 0.3 is 0 Å². The minimum Gasteiger partial charge on any atom is -0.379 e. The minimum atomic E-state index is -3.63. The maximum Gasteiger partial charge on any atom is 0.251 e. The van der Waals surface area contributed by atoms with E-state index < -0.39 is 10.0 Å². The lowest BCUT2D eigenvalue weighted by Crippen LogP contribution is -2.41. The van der Waals surface area contributed by atoms with Crippen LogP contribution in [0.25, 0.3) is 0 Å². The lowest BCUT2D eigenvalue weighted by atomic mass is 10.1. The van der Waals surface area contributed by atoms with Crippen LogP contribution in [0.15, 0.2) is 34.7 Å². The number of sulfonamides is 1. The molecule has 1 amide bonds. The van der Waals surface area contributed by atoms with E-state index in [2.05, 4.69) is 16.7 Å². The second-order valence-corrected chi connectivity index (χ2v) is 8.40. The molecule has 0 aliphatic carbocycles. The molecule has 9 heteroatoms. The van der Waals surface area contributed by atoms with Crippen LogP contribution in [-0.2, 0) is 14.8 Å². The van der Waals surface area contributed by atoms with Crippen LogP contribution >= 0.6 is 12.4 Å². The average Bonchev–Trinajstić information content (AvgIpc) is 2.68. The molecule has 0 bridgehead atoms. The molecule has 1 fully saturated rings. The minimum absolute atomic E-state index is 0. The molecule has 1 saturated heterocycles. The van der Waals surface area contributed by atoms with E-state index in [9.17, 15) is 13.2 Å². The Morgan fingerprint density at radius 3 is 2.70 bits per heavy atom. The number of hydrogen-bond donors (Lipinski definition) is 2. The van der Waals surface area contributed by atoms with E-state index in [1.807, 2.05) is 0 Å². The molecule has 0 saturated carbocycles. The molecular weight excluding hydrogens is 390 g/mol. The van der Waals surface area contributed by atoms with Gasteiger partial charge < -0.3 is 15.4 Å². The van der Waals surface area contributed by atoms with Crippen LogP contribution in [0.5, 0.6) is 0 Å². The van der Waals surface area contributed by atoms with Crippen molar-refractivity contribution < 1.29 is 17.9 Å². The van der Waals surface area contributed by atoms with E-state index in [1.165, 1.54) is 15.9 Å². The van der Waals surface area contributed by atoms with Gasteiger partial charge in [-0.15, -0.1) is 12.4 Å². The summed E-state index contributed by atoms with van der Waals surface area (Å²) in [6.45, 7) is 5.41. The molecule has 3 rings (SSSR count). The van der Waals surface area contributed by atoms with Crippen molar-refractivity contribution in [2.45, 2.75) is 18.2 Å². The molecule has 150 valence electrons. The molecule has 2 aliphatic heterocycles. The molecule has 0 unspecified atom stereocenters. The van der Waals surface area contributed by atoms with Gasteiger partial charge in [0.05, 0.1) is 18.1 Å². The average molecular weight is 416 g/mol. The van der Waals surface area contributed by atoms with Gasteiger partial charge in [0, 0.05) is 31.7 Å². The van der Waals surface area contributed by atoms with Crippen molar-refractivity contribution in [3.63, 3.8) is 0 Å². The van der Waals surface area contributed by atoms with Gasteiger partial charge in [-0.2, -0.15) is 4.31 Å². The van der Waals surface area contributed by atoms with E-state index in [1.54, 1.807) is 19.1 Å². The molecule has 0 spiro atoms. The van der Waals surface area contributed by atoms with E-state index in [-0.39, 0.29) is 23.2 Å². The third-order valence-corrected chi connectivity index (χ3v) is 6.71. The van der Waals surface area contributed by atoms with Crippen LogP contribution in [0.3, 0.4) is 0 Å². The molecule has 1 aromatic rings. The lowest BCUT2D eigenvalue weighted by Gasteiger charge is -2.26. The van der Waals surface area contributed by atoms with Crippen molar-refractivity contribution in [2.24, 2.45) is 0 Å². The van der Waals surface area contributed by atoms with Crippen molar-refractivity contribution in [2.75, 3.05) is 45.9 Å². The third kappa shape index (κ3) is 5.30. The summed E-state index contributed by atoms with van der Waals surface area (Å²) >= 11 is 0. The molecule has 7 nitrogen and oxygen atoms in total. The number of benzene rings is 1. The van der Waals surface area contributed by atoms with Gasteiger partial charge in [0.2, 0.25) is 10.0 Å². The fourth-order valence-corrected chi connectivity index (χ4v) is 4.73. The molecule has 2 N–H and O–H groups in total. The van der Waals surface area contributed by atoms with Crippen molar-refractivity contribution in [1.82, 2.24) is 14.9 Å². The molecular formula is C18H26ClN3O4S. The lowest BCUT2D eigenvalue weighted by molar-refractivity contribution is 0.0730. The van der Waals surface area contributed by atoms with Crippen LogP contribution in [0.1, 0.15) is 22.3 Å². The van der Waals surface area contributed by atoms with Gasteiger partial charge in [-0.25, -0.2) is 8.42 Å². The molecule has 2 aliphatic rings. The number of aryl methyl sites for hydroxylation is 1. The fourth-order valence-electron chi connectivity index (χ4n) is 3.07. The highest BCUT2D eigenvalue weighted by molar-refractivity contribution is 7.89. The number of carbonyl (C=O) groups excluding carboxylic acids is 1. The number of carbonyl (C=O) groups is 1. The Kier molecular flexibility index (Phi) is 7.81. The Labute approximate surface area is 166 Å². The zero-order chi connectivity index (χ0) is 18.6. The largest absolute Gasteiger partial charge is 0.379 e. The van der Waals surface area contributed by atoms with Crippen molar-refractivity contribution >= 4 is 28.3 Å². The molecule has 1 aromatic carbocycles. The van der Waals surface area contributed by atoms with Gasteiger partial charge in [0.25, 0.3) is 5.91 Å². The zero-order valence-corrected chi connectivity index (χ0v) is 17.0. The Morgan fingerprint density at radius 1 is 1.30 bits per heavy atom. The molecule has 0 aromatic heterocycles. The van der Waals surface area contributed by atoms with Crippen molar-refractivity contribution in [3.8, 4) is 0 Å². The Morgan fingerprint density at radius 2 is 2.04 bits per heavy atom. The summed E-state index contributed by atoms with van der Waals surface area (Å²) in [6.07, 6.45) is 2.98. The second-order valence-electron chi connectivity index (χ2n) is 6.50. The topological polar surface area (TPSA) is 87.7 Å². The summed E-state index contributed by atoms with van der Waals surface area (Å²) in [5.41, 5.74) is 2.18. The Hall–Kier alpha value is -1.45. The number of nitrogens with zero attached hydrogens (tertiary/aromatic N) is 1. The van der Waals surface area contributed by atoms with E-state index in [0.717, 1.165) is 19.5 Å². The maximum absolute atomic E-state index is 12.9. The summed E-state index contributed by atoms with van der Waals surface area (Å²) in [7, 11) is -3.63. The van der Waals surface area contributed by atoms with Gasteiger partial charge in [0.15, 0.2) is 0 Å². The highest BCUT2D eigenvalue weighted by atomic mass is 35.5. The van der Waals surface area contributed by atoms with Gasteiger partial charge in [-0.3, -0.25) is 4.79 Å². The number of halogens is 1. The van der Waals surface area contributed by atoms with Gasteiger partial charge in [-0.1, -0.05) is 17.7 Å². The number of ether oxygens (including phenoxy) is 1. The first kappa shape index (κ1) is 21.8. The monoisotopic (exact) mass is 415 g/mol. The first-order valence-corrected chi connectivity index (χ1v) is 10.3. The van der Waals surface area contributed by atoms with E-state index in [0.29, 0.717) is 44.0 Å². The number of nitrogens with one attached hydrogen (secondary N) is 2. The number of rotatable bonds is 5. The van der Waals surface area contributed by atoms with Crippen molar-refractivity contribution in [1.29, 1.82) is 0 Å². The van der Waals surface area contributed by atoms with Crippen LogP contribution < -0.4 is 10.6 Å². The Balaban J connectivity index is 0.00000261. The summed E-state index contributed by atoms with van der Waals surface area (Å²) in [5.74, 6) is -0.261. The van der Waals surface area contributed by atoms with Gasteiger partial charge in [-0.05, 0) is 37.6 Å². The SMILES string of the molecule is Cc1ccc(C(=O)NCC2=CCNCC2)cc1S(=O)(=O)N1CCOCC1.Cl. The highest BCUT2D eigenvalue weighted by Crippen LogP contribution is 2.22.